The van der Waals surface area contributed by atoms with E-state index in [0.29, 0.717) is 6.54 Å². The molecular weight excluding hydrogens is 348 g/mol. The SMILES string of the molecule is CN(Cc1ccn[nH]1)C(=O)C1(N(C)Cc2ccccc2)Cc2ccccc2C1. The van der Waals surface area contributed by atoms with Gasteiger partial charge in [0.05, 0.1) is 12.2 Å². The average Bonchev–Trinajstić information content (AvgIpc) is 3.36. The zero-order chi connectivity index (χ0) is 19.6. The number of nitrogens with one attached hydrogen (secondary N) is 1. The second kappa shape index (κ2) is 7.60. The minimum absolute atomic E-state index is 0.150. The summed E-state index contributed by atoms with van der Waals surface area (Å²) in [6.07, 6.45) is 3.19. The van der Waals surface area contributed by atoms with Crippen LogP contribution in [0.15, 0.2) is 66.9 Å². The zero-order valence-corrected chi connectivity index (χ0v) is 16.4. The second-order valence-corrected chi connectivity index (χ2v) is 7.74. The lowest BCUT2D eigenvalue weighted by molar-refractivity contribution is -0.143. The molecule has 1 N–H and O–H groups in total. The van der Waals surface area contributed by atoms with Gasteiger partial charge in [-0.1, -0.05) is 54.6 Å². The van der Waals surface area contributed by atoms with Crippen molar-refractivity contribution < 1.29 is 4.79 Å². The molecule has 1 heterocycles. The number of aromatic amines is 1. The smallest absolute Gasteiger partial charge is 0.243 e. The molecule has 1 aliphatic rings. The highest BCUT2D eigenvalue weighted by molar-refractivity contribution is 5.88. The highest BCUT2D eigenvalue weighted by Crippen LogP contribution is 2.36. The predicted octanol–water partition coefficient (Wildman–Crippen LogP) is 3.04. The van der Waals surface area contributed by atoms with Gasteiger partial charge in [0.15, 0.2) is 0 Å². The van der Waals surface area contributed by atoms with Crippen molar-refractivity contribution in [2.45, 2.75) is 31.5 Å². The number of fused-ring (bicyclic) bond motifs is 1. The summed E-state index contributed by atoms with van der Waals surface area (Å²) >= 11 is 0. The van der Waals surface area contributed by atoms with Gasteiger partial charge in [-0.2, -0.15) is 5.10 Å². The van der Waals surface area contributed by atoms with E-state index in [4.69, 9.17) is 0 Å². The molecule has 28 heavy (non-hydrogen) atoms. The summed E-state index contributed by atoms with van der Waals surface area (Å²) in [5.74, 6) is 0.150. The Morgan fingerprint density at radius 3 is 2.21 bits per heavy atom. The summed E-state index contributed by atoms with van der Waals surface area (Å²) in [6, 6.07) is 20.7. The first kappa shape index (κ1) is 18.4. The van der Waals surface area contributed by atoms with Gasteiger partial charge in [0.1, 0.15) is 5.54 Å². The Hall–Kier alpha value is -2.92. The number of hydrogen-bond acceptors (Lipinski definition) is 3. The van der Waals surface area contributed by atoms with Crippen molar-refractivity contribution in [3.05, 3.63) is 89.2 Å². The van der Waals surface area contributed by atoms with Crippen LogP contribution in [0.3, 0.4) is 0 Å². The molecule has 0 bridgehead atoms. The van der Waals surface area contributed by atoms with E-state index in [0.717, 1.165) is 25.1 Å². The van der Waals surface area contributed by atoms with Crippen LogP contribution in [0.4, 0.5) is 0 Å². The zero-order valence-electron chi connectivity index (χ0n) is 16.4. The first-order valence-electron chi connectivity index (χ1n) is 9.64. The van der Waals surface area contributed by atoms with Crippen molar-refractivity contribution in [3.63, 3.8) is 0 Å². The summed E-state index contributed by atoms with van der Waals surface area (Å²) in [4.78, 5) is 17.8. The molecule has 0 saturated heterocycles. The molecule has 0 saturated carbocycles. The molecule has 5 nitrogen and oxygen atoms in total. The summed E-state index contributed by atoms with van der Waals surface area (Å²) < 4.78 is 0. The third kappa shape index (κ3) is 3.45. The maximum Gasteiger partial charge on any atom is 0.243 e. The van der Waals surface area contributed by atoms with E-state index in [9.17, 15) is 4.79 Å². The molecular formula is C23H26N4O. The van der Waals surface area contributed by atoms with Gasteiger partial charge < -0.3 is 4.90 Å². The van der Waals surface area contributed by atoms with E-state index >= 15 is 0 Å². The Morgan fingerprint density at radius 1 is 0.964 bits per heavy atom. The van der Waals surface area contributed by atoms with Gasteiger partial charge >= 0.3 is 0 Å². The Bertz CT molecular complexity index is 911. The lowest BCUT2D eigenvalue weighted by atomic mass is 9.91. The average molecular weight is 374 g/mol. The van der Waals surface area contributed by atoms with Crippen molar-refractivity contribution in [2.24, 2.45) is 0 Å². The Labute approximate surface area is 166 Å². The number of likely N-dealkylation sites (N-methyl/N-ethyl adjacent to an activating group) is 2. The van der Waals surface area contributed by atoms with Crippen LogP contribution < -0.4 is 0 Å². The third-order valence-electron chi connectivity index (χ3n) is 5.79. The van der Waals surface area contributed by atoms with Gasteiger partial charge in [-0.3, -0.25) is 14.8 Å². The molecule has 2 aromatic carbocycles. The second-order valence-electron chi connectivity index (χ2n) is 7.74. The Balaban J connectivity index is 1.63. The summed E-state index contributed by atoms with van der Waals surface area (Å²) in [5.41, 5.74) is 4.11. The Morgan fingerprint density at radius 2 is 1.61 bits per heavy atom. The molecule has 0 fully saturated rings. The minimum atomic E-state index is -0.575. The van der Waals surface area contributed by atoms with Gasteiger partial charge in [0.25, 0.3) is 0 Å². The van der Waals surface area contributed by atoms with E-state index in [1.807, 2.05) is 36.2 Å². The number of nitrogens with zero attached hydrogens (tertiary/aromatic N) is 3. The predicted molar refractivity (Wildman–Crippen MR) is 110 cm³/mol. The summed E-state index contributed by atoms with van der Waals surface area (Å²) in [5, 5.41) is 6.95. The van der Waals surface area contributed by atoms with Crippen LogP contribution >= 0.6 is 0 Å². The molecule has 1 aromatic heterocycles. The molecule has 5 heteroatoms. The molecule has 0 aliphatic heterocycles. The summed E-state index contributed by atoms with van der Waals surface area (Å²) in [6.45, 7) is 1.26. The van der Waals surface area contributed by atoms with Gasteiger partial charge in [-0.25, -0.2) is 0 Å². The van der Waals surface area contributed by atoms with E-state index in [-0.39, 0.29) is 5.91 Å². The van der Waals surface area contributed by atoms with E-state index in [1.165, 1.54) is 16.7 Å². The molecule has 3 aromatic rings. The fraction of sp³-hybridized carbons (Fsp3) is 0.304. The number of carbonyl (C=O) groups is 1. The molecule has 0 spiro atoms. The molecule has 0 unspecified atom stereocenters. The molecule has 0 atom stereocenters. The molecule has 144 valence electrons. The molecule has 1 aliphatic carbocycles. The van der Waals surface area contributed by atoms with Crippen molar-refractivity contribution in [3.8, 4) is 0 Å². The number of rotatable bonds is 6. The number of aromatic nitrogens is 2. The third-order valence-corrected chi connectivity index (χ3v) is 5.79. The van der Waals surface area contributed by atoms with Gasteiger partial charge in [0.2, 0.25) is 5.91 Å². The van der Waals surface area contributed by atoms with E-state index in [1.54, 1.807) is 6.20 Å². The van der Waals surface area contributed by atoms with Gasteiger partial charge in [-0.05, 0) is 29.8 Å². The van der Waals surface area contributed by atoms with Crippen molar-refractivity contribution in [1.29, 1.82) is 0 Å². The fourth-order valence-corrected chi connectivity index (χ4v) is 4.24. The number of carbonyl (C=O) groups excluding carboxylic acids is 1. The minimum Gasteiger partial charge on any atom is -0.338 e. The van der Waals surface area contributed by atoms with Gasteiger partial charge in [0, 0.05) is 32.6 Å². The van der Waals surface area contributed by atoms with Crippen LogP contribution in [-0.2, 0) is 30.7 Å². The van der Waals surface area contributed by atoms with Crippen LogP contribution in [0.25, 0.3) is 0 Å². The van der Waals surface area contributed by atoms with Crippen molar-refractivity contribution in [1.82, 2.24) is 20.0 Å². The number of hydrogen-bond donors (Lipinski definition) is 1. The molecule has 4 rings (SSSR count). The molecule has 1 amide bonds. The lowest BCUT2D eigenvalue weighted by Gasteiger charge is -2.40. The Kier molecular flexibility index (Phi) is 5.01. The summed E-state index contributed by atoms with van der Waals surface area (Å²) in [7, 11) is 3.95. The van der Waals surface area contributed by atoms with Crippen LogP contribution in [0.2, 0.25) is 0 Å². The quantitative estimate of drug-likeness (QED) is 0.722. The van der Waals surface area contributed by atoms with Crippen LogP contribution in [0, 0.1) is 0 Å². The van der Waals surface area contributed by atoms with Crippen LogP contribution in [0.5, 0.6) is 0 Å². The van der Waals surface area contributed by atoms with Crippen LogP contribution in [0.1, 0.15) is 22.4 Å². The standard InChI is InChI=1S/C23H26N4O/c1-26(17-21-12-13-24-25-21)22(28)23(14-19-10-6-7-11-20(19)15-23)27(2)16-18-8-4-3-5-9-18/h3-13H,14-17H2,1-2H3,(H,24,25). The first-order valence-corrected chi connectivity index (χ1v) is 9.64. The topological polar surface area (TPSA) is 52.2 Å². The van der Waals surface area contributed by atoms with Gasteiger partial charge in [-0.15, -0.1) is 0 Å². The molecule has 0 radical (unpaired) electrons. The van der Waals surface area contributed by atoms with E-state index < -0.39 is 5.54 Å². The van der Waals surface area contributed by atoms with Crippen LogP contribution in [-0.4, -0.2) is 45.5 Å². The van der Waals surface area contributed by atoms with E-state index in [2.05, 4.69) is 58.5 Å². The first-order chi connectivity index (χ1) is 13.6. The fourth-order valence-electron chi connectivity index (χ4n) is 4.24. The maximum absolute atomic E-state index is 13.7. The number of benzene rings is 2. The van der Waals surface area contributed by atoms with Crippen molar-refractivity contribution >= 4 is 5.91 Å². The maximum atomic E-state index is 13.7. The normalized spacial score (nSPS) is 14.8. The van der Waals surface area contributed by atoms with Crippen molar-refractivity contribution in [2.75, 3.05) is 14.1 Å². The highest BCUT2D eigenvalue weighted by Gasteiger charge is 2.48. The monoisotopic (exact) mass is 374 g/mol. The number of H-pyrrole nitrogens is 1. The number of amides is 1. The lowest BCUT2D eigenvalue weighted by Crippen LogP contribution is -2.58. The highest BCUT2D eigenvalue weighted by atomic mass is 16.2. The largest absolute Gasteiger partial charge is 0.338 e.